The van der Waals surface area contributed by atoms with Gasteiger partial charge in [0, 0.05) is 12.3 Å². The summed E-state index contributed by atoms with van der Waals surface area (Å²) in [6.07, 6.45) is 10.1. The molecule has 1 nitrogen and oxygen atoms in total. The monoisotopic (exact) mass is 264 g/mol. The van der Waals surface area contributed by atoms with E-state index in [1.807, 2.05) is 0 Å². The van der Waals surface area contributed by atoms with Gasteiger partial charge in [0.05, 0.1) is 0 Å². The summed E-state index contributed by atoms with van der Waals surface area (Å²) in [7, 11) is 0. The van der Waals surface area contributed by atoms with E-state index in [1.54, 1.807) is 0 Å². The summed E-state index contributed by atoms with van der Waals surface area (Å²) < 4.78 is 0. The molecule has 2 saturated carbocycles. The molecule has 2 aliphatic rings. The molecule has 0 aromatic rings. The van der Waals surface area contributed by atoms with E-state index in [4.69, 9.17) is 0 Å². The molecule has 0 aliphatic heterocycles. The lowest BCUT2D eigenvalue weighted by atomic mass is 9.59. The van der Waals surface area contributed by atoms with E-state index in [0.717, 1.165) is 24.7 Å². The lowest BCUT2D eigenvalue weighted by molar-refractivity contribution is -0.132. The van der Waals surface area contributed by atoms with Gasteiger partial charge in [-0.25, -0.2) is 0 Å². The van der Waals surface area contributed by atoms with Crippen molar-refractivity contribution in [3.8, 4) is 0 Å². The summed E-state index contributed by atoms with van der Waals surface area (Å²) in [6, 6.07) is 0. The standard InChI is InChI=1S/C18H32O/c1-5-14-7-9-15(10-8-14)18(3,4)16-11-6-13(2)12-17(16)19/h13-16H,5-12H2,1-4H3. The molecule has 0 aromatic heterocycles. The first-order valence-corrected chi connectivity index (χ1v) is 8.47. The van der Waals surface area contributed by atoms with E-state index in [9.17, 15) is 4.79 Å². The summed E-state index contributed by atoms with van der Waals surface area (Å²) >= 11 is 0. The van der Waals surface area contributed by atoms with Gasteiger partial charge < -0.3 is 0 Å². The Bertz CT molecular complexity index is 310. The SMILES string of the molecule is CCC1CCC(C(C)(C)C2CCC(C)CC2=O)CC1. The molecule has 0 amide bonds. The van der Waals surface area contributed by atoms with Crippen LogP contribution in [0.25, 0.3) is 0 Å². The van der Waals surface area contributed by atoms with Crippen LogP contribution in [0.2, 0.25) is 0 Å². The summed E-state index contributed by atoms with van der Waals surface area (Å²) in [6.45, 7) is 9.31. The number of carbonyl (C=O) groups is 1. The molecule has 2 rings (SSSR count). The molecule has 110 valence electrons. The highest BCUT2D eigenvalue weighted by Crippen LogP contribution is 2.48. The maximum atomic E-state index is 12.4. The second-order valence-electron chi connectivity index (χ2n) is 7.85. The molecule has 0 bridgehead atoms. The number of hydrogen-bond acceptors (Lipinski definition) is 1. The van der Waals surface area contributed by atoms with E-state index in [-0.39, 0.29) is 5.41 Å². The van der Waals surface area contributed by atoms with Crippen LogP contribution < -0.4 is 0 Å². The molecule has 0 aromatic carbocycles. The predicted octanol–water partition coefficient (Wildman–Crippen LogP) is 5.23. The molecule has 0 spiro atoms. The molecular formula is C18H32O. The maximum Gasteiger partial charge on any atom is 0.136 e. The van der Waals surface area contributed by atoms with E-state index in [2.05, 4.69) is 27.7 Å². The first-order valence-electron chi connectivity index (χ1n) is 8.47. The zero-order chi connectivity index (χ0) is 14.0. The summed E-state index contributed by atoms with van der Waals surface area (Å²) in [5.74, 6) is 3.25. The molecule has 19 heavy (non-hydrogen) atoms. The number of carbonyl (C=O) groups excluding carboxylic acids is 1. The Morgan fingerprint density at radius 2 is 1.68 bits per heavy atom. The Morgan fingerprint density at radius 1 is 1.05 bits per heavy atom. The van der Waals surface area contributed by atoms with Crippen LogP contribution in [-0.4, -0.2) is 5.78 Å². The number of Topliss-reactive ketones (excluding diaryl/α,β-unsaturated/α-hetero) is 1. The van der Waals surface area contributed by atoms with Crippen LogP contribution in [0.3, 0.4) is 0 Å². The van der Waals surface area contributed by atoms with Gasteiger partial charge in [-0.3, -0.25) is 4.79 Å². The molecular weight excluding hydrogens is 232 g/mol. The Hall–Kier alpha value is -0.330. The third kappa shape index (κ3) is 3.23. The Morgan fingerprint density at radius 3 is 2.21 bits per heavy atom. The molecule has 2 fully saturated rings. The van der Waals surface area contributed by atoms with E-state index in [0.29, 0.717) is 17.6 Å². The second-order valence-corrected chi connectivity index (χ2v) is 7.85. The van der Waals surface area contributed by atoms with Crippen LogP contribution in [0.4, 0.5) is 0 Å². The van der Waals surface area contributed by atoms with Gasteiger partial charge in [-0.2, -0.15) is 0 Å². The van der Waals surface area contributed by atoms with Crippen molar-refractivity contribution in [2.75, 3.05) is 0 Å². The minimum absolute atomic E-state index is 0.232. The summed E-state index contributed by atoms with van der Waals surface area (Å²) in [5.41, 5.74) is 0.232. The van der Waals surface area contributed by atoms with Crippen molar-refractivity contribution >= 4 is 5.78 Å². The average molecular weight is 264 g/mol. The topological polar surface area (TPSA) is 17.1 Å². The molecule has 2 unspecified atom stereocenters. The van der Waals surface area contributed by atoms with Gasteiger partial charge in [-0.15, -0.1) is 0 Å². The number of rotatable bonds is 3. The minimum atomic E-state index is 0.232. The second kappa shape index (κ2) is 5.97. The highest BCUT2D eigenvalue weighted by molar-refractivity contribution is 5.82. The zero-order valence-corrected chi connectivity index (χ0v) is 13.4. The molecule has 0 saturated heterocycles. The van der Waals surface area contributed by atoms with Crippen LogP contribution in [-0.2, 0) is 4.79 Å². The van der Waals surface area contributed by atoms with Crippen LogP contribution in [0.15, 0.2) is 0 Å². The minimum Gasteiger partial charge on any atom is -0.299 e. The molecule has 0 N–H and O–H groups in total. The van der Waals surface area contributed by atoms with Crippen LogP contribution >= 0.6 is 0 Å². The first-order chi connectivity index (χ1) is 8.95. The van der Waals surface area contributed by atoms with Crippen LogP contribution in [0, 0.1) is 29.1 Å². The smallest absolute Gasteiger partial charge is 0.136 e. The van der Waals surface area contributed by atoms with Gasteiger partial charge in [0.2, 0.25) is 0 Å². The molecule has 0 heterocycles. The van der Waals surface area contributed by atoms with Gasteiger partial charge in [0.15, 0.2) is 0 Å². The predicted molar refractivity (Wildman–Crippen MR) is 81.0 cm³/mol. The highest BCUT2D eigenvalue weighted by atomic mass is 16.1. The molecule has 1 heteroatoms. The lowest BCUT2D eigenvalue weighted by Gasteiger charge is -2.45. The average Bonchev–Trinajstić information content (AvgIpc) is 2.38. The number of hydrogen-bond donors (Lipinski definition) is 0. The third-order valence-corrected chi connectivity index (χ3v) is 6.26. The van der Waals surface area contributed by atoms with Crippen molar-refractivity contribution in [2.45, 2.75) is 79.1 Å². The van der Waals surface area contributed by atoms with Crippen molar-refractivity contribution in [3.05, 3.63) is 0 Å². The van der Waals surface area contributed by atoms with E-state index >= 15 is 0 Å². The fraction of sp³-hybridized carbons (Fsp3) is 0.944. The highest BCUT2D eigenvalue weighted by Gasteiger charge is 2.43. The molecule has 2 aliphatic carbocycles. The molecule has 0 radical (unpaired) electrons. The van der Waals surface area contributed by atoms with Gasteiger partial charge in [-0.05, 0) is 48.9 Å². The van der Waals surface area contributed by atoms with E-state index in [1.165, 1.54) is 38.5 Å². The van der Waals surface area contributed by atoms with Crippen molar-refractivity contribution in [3.63, 3.8) is 0 Å². The van der Waals surface area contributed by atoms with Gasteiger partial charge >= 0.3 is 0 Å². The largest absolute Gasteiger partial charge is 0.299 e. The Kier molecular flexibility index (Phi) is 4.74. The van der Waals surface area contributed by atoms with Crippen molar-refractivity contribution in [1.82, 2.24) is 0 Å². The zero-order valence-electron chi connectivity index (χ0n) is 13.4. The Balaban J connectivity index is 1.99. The van der Waals surface area contributed by atoms with Gasteiger partial charge in [0.25, 0.3) is 0 Å². The third-order valence-electron chi connectivity index (χ3n) is 6.26. The van der Waals surface area contributed by atoms with Crippen molar-refractivity contribution < 1.29 is 4.79 Å². The molecule has 2 atom stereocenters. The lowest BCUT2D eigenvalue weighted by Crippen LogP contribution is -2.41. The summed E-state index contributed by atoms with van der Waals surface area (Å²) in [5, 5.41) is 0. The fourth-order valence-corrected chi connectivity index (χ4v) is 4.59. The van der Waals surface area contributed by atoms with Crippen molar-refractivity contribution in [1.29, 1.82) is 0 Å². The van der Waals surface area contributed by atoms with Crippen LogP contribution in [0.1, 0.15) is 79.1 Å². The summed E-state index contributed by atoms with van der Waals surface area (Å²) in [4.78, 5) is 12.4. The van der Waals surface area contributed by atoms with Gasteiger partial charge in [0.1, 0.15) is 5.78 Å². The van der Waals surface area contributed by atoms with Crippen LogP contribution in [0.5, 0.6) is 0 Å². The maximum absolute atomic E-state index is 12.4. The van der Waals surface area contributed by atoms with E-state index < -0.39 is 0 Å². The number of ketones is 1. The fourth-order valence-electron chi connectivity index (χ4n) is 4.59. The Labute approximate surface area is 119 Å². The van der Waals surface area contributed by atoms with Gasteiger partial charge in [-0.1, -0.05) is 47.0 Å². The first kappa shape index (κ1) is 15.1. The normalized spacial score (nSPS) is 37.4. The quantitative estimate of drug-likeness (QED) is 0.681. The van der Waals surface area contributed by atoms with Crippen molar-refractivity contribution in [2.24, 2.45) is 29.1 Å².